The first-order valence-electron chi connectivity index (χ1n) is 25.6. The molecule has 0 bridgehead atoms. The molecular formula is C54H60FN9O12S. The van der Waals surface area contributed by atoms with Crippen molar-refractivity contribution in [2.24, 2.45) is 0 Å². The Hall–Kier alpha value is -7.79. The number of carbonyl (C=O) groups excluding carboxylic acids is 9. The number of imide groups is 1. The minimum absolute atomic E-state index is 0.00567. The molecule has 0 saturated carbocycles. The van der Waals surface area contributed by atoms with Crippen LogP contribution in [0.3, 0.4) is 0 Å². The van der Waals surface area contributed by atoms with Crippen molar-refractivity contribution in [1.82, 2.24) is 45.9 Å². The zero-order chi connectivity index (χ0) is 55.1. The van der Waals surface area contributed by atoms with Crippen LogP contribution in [0.2, 0.25) is 0 Å². The number of fused-ring (bicyclic) bond motifs is 5. The van der Waals surface area contributed by atoms with Gasteiger partial charge in [-0.25, -0.2) is 14.2 Å². The third kappa shape index (κ3) is 11.9. The number of pyridine rings is 2. The summed E-state index contributed by atoms with van der Waals surface area (Å²) in [5.74, 6) is -5.29. The van der Waals surface area contributed by atoms with Gasteiger partial charge in [0.15, 0.2) is 5.60 Å². The molecule has 1 aliphatic carbocycles. The maximum atomic E-state index is 15.5. The maximum Gasteiger partial charge on any atom is 0.343 e. The highest BCUT2D eigenvalue weighted by Gasteiger charge is 2.46. The van der Waals surface area contributed by atoms with E-state index in [9.17, 15) is 53.1 Å². The number of aryl methyl sites for hydroxylation is 1. The van der Waals surface area contributed by atoms with Gasteiger partial charge >= 0.3 is 5.97 Å². The average Bonchev–Trinajstić information content (AvgIpc) is 4.19. The Morgan fingerprint density at radius 2 is 1.58 bits per heavy atom. The fourth-order valence-electron chi connectivity index (χ4n) is 10.3. The highest BCUT2D eigenvalue weighted by molar-refractivity contribution is 7.99. The van der Waals surface area contributed by atoms with E-state index in [2.05, 4.69) is 26.6 Å². The molecule has 0 fully saturated rings. The molecule has 406 valence electrons. The number of aromatic nitrogens is 2. The monoisotopic (exact) mass is 1080 g/mol. The van der Waals surface area contributed by atoms with Crippen LogP contribution >= 0.6 is 11.8 Å². The van der Waals surface area contributed by atoms with Crippen LogP contribution in [-0.4, -0.2) is 128 Å². The number of nitrogens with one attached hydrogen (secondary N) is 5. The summed E-state index contributed by atoms with van der Waals surface area (Å²) in [6.07, 6.45) is 5.01. The summed E-state index contributed by atoms with van der Waals surface area (Å²) in [6.45, 7) is 4.13. The van der Waals surface area contributed by atoms with E-state index < -0.39 is 84.2 Å². The van der Waals surface area contributed by atoms with E-state index in [1.807, 2.05) is 6.92 Å². The van der Waals surface area contributed by atoms with Crippen LogP contribution in [0.15, 0.2) is 59.4 Å². The average molecular weight is 1080 g/mol. The number of unbranched alkanes of at least 4 members (excludes halogenated alkanes) is 2. The van der Waals surface area contributed by atoms with E-state index in [0.29, 0.717) is 77.6 Å². The first kappa shape index (κ1) is 55.4. The molecule has 2 aromatic carbocycles. The Bertz CT molecular complexity index is 3150. The summed E-state index contributed by atoms with van der Waals surface area (Å²) >= 11 is 1.14. The smallest absolute Gasteiger partial charge is 0.343 e. The van der Waals surface area contributed by atoms with Gasteiger partial charge in [-0.2, -0.15) is 0 Å². The van der Waals surface area contributed by atoms with Crippen molar-refractivity contribution in [3.05, 3.63) is 110 Å². The van der Waals surface area contributed by atoms with Crippen LogP contribution in [0.1, 0.15) is 97.4 Å². The lowest BCUT2D eigenvalue weighted by molar-refractivity contribution is -0.172. The predicted molar refractivity (Wildman–Crippen MR) is 279 cm³/mol. The Labute approximate surface area is 446 Å². The van der Waals surface area contributed by atoms with Crippen molar-refractivity contribution in [2.45, 2.75) is 103 Å². The quantitative estimate of drug-likeness (QED) is 0.0235. The summed E-state index contributed by atoms with van der Waals surface area (Å²) in [5.41, 5.74) is 2.29. The molecule has 4 aromatic rings. The van der Waals surface area contributed by atoms with Crippen molar-refractivity contribution < 1.29 is 57.4 Å². The molecule has 3 atom stereocenters. The van der Waals surface area contributed by atoms with Crippen LogP contribution in [-0.2, 0) is 79.5 Å². The third-order valence-electron chi connectivity index (χ3n) is 14.4. The zero-order valence-corrected chi connectivity index (χ0v) is 43.7. The number of aliphatic hydroxyl groups is 1. The number of hydrogen-bond donors (Lipinski definition) is 6. The van der Waals surface area contributed by atoms with Crippen molar-refractivity contribution in [3.8, 4) is 11.4 Å². The molecule has 5 heterocycles. The first-order valence-corrected chi connectivity index (χ1v) is 26.7. The topological polar surface area (TPSA) is 285 Å². The van der Waals surface area contributed by atoms with Gasteiger partial charge in [0.05, 0.1) is 66.3 Å². The Balaban J connectivity index is 0.830. The normalized spacial score (nSPS) is 17.2. The SMILES string of the molecule is CCN(C(=O)CSCNC(=O)CNC(=O)[C@H](Cc1ccccc1)NC(=O)CNC(=O)CNC(=O)CCCCCN1C(=O)C=CC1=O)[C@H]1CCc2c(C)c(F)cc3nc4c(c1c23)Cn1c-4cc2c(c1=O)COC(=O)[C@]2(O)CC. The molecule has 77 heavy (non-hydrogen) atoms. The zero-order valence-electron chi connectivity index (χ0n) is 42.9. The van der Waals surface area contributed by atoms with Crippen molar-refractivity contribution >= 4 is 75.9 Å². The first-order chi connectivity index (χ1) is 36.9. The molecular weight excluding hydrogens is 1020 g/mol. The number of esters is 1. The minimum Gasteiger partial charge on any atom is -0.458 e. The van der Waals surface area contributed by atoms with Crippen LogP contribution in [0.4, 0.5) is 4.39 Å². The molecule has 0 spiro atoms. The van der Waals surface area contributed by atoms with Gasteiger partial charge in [-0.05, 0) is 74.3 Å². The number of halogens is 1. The van der Waals surface area contributed by atoms with Crippen LogP contribution in [0.25, 0.3) is 22.3 Å². The Morgan fingerprint density at radius 3 is 2.31 bits per heavy atom. The minimum atomic E-state index is -2.04. The number of ether oxygens (including phenoxy) is 1. The molecule has 8 amide bonds. The third-order valence-corrected chi connectivity index (χ3v) is 15.2. The van der Waals surface area contributed by atoms with E-state index >= 15 is 4.39 Å². The predicted octanol–water partition coefficient (Wildman–Crippen LogP) is 1.73. The molecule has 2 aromatic heterocycles. The molecule has 4 aliphatic rings. The Kier molecular flexibility index (Phi) is 17.3. The molecule has 21 nitrogen and oxygen atoms in total. The molecule has 0 unspecified atom stereocenters. The van der Waals surface area contributed by atoms with E-state index in [0.717, 1.165) is 27.8 Å². The summed E-state index contributed by atoms with van der Waals surface area (Å²) < 4.78 is 22.3. The second kappa shape index (κ2) is 24.0. The fraction of sp³-hybridized carbons (Fsp3) is 0.426. The van der Waals surface area contributed by atoms with Crippen molar-refractivity contribution in [2.75, 3.05) is 44.4 Å². The number of hydrogen-bond acceptors (Lipinski definition) is 14. The number of amides is 8. The lowest BCUT2D eigenvalue weighted by Gasteiger charge is -2.37. The van der Waals surface area contributed by atoms with E-state index in [-0.39, 0.29) is 79.4 Å². The standard InChI is InChI=1S/C54H60FN9O12S/c1-4-54(75)35-21-40-50-33(26-64(40)52(73)34(35)27-76-53(54)74)49-39(16-15-32-30(3)36(55)22-37(61-50)48(32)49)62(5-2)47(71)28-77-29-59-43(67)24-58-51(72)38(20-31-12-8-6-9-13-31)60-44(68)25-57-42(66)23-56-41(65)14-10-7-11-19-63-45(69)17-18-46(63)70/h6,8-9,12-13,17-18,21-22,38-39,75H,4-5,7,10-11,14-16,19-20,23-29H2,1-3H3,(H,56,65)(H,57,66)(H,58,72)(H,59,67)(H,60,68)/t38-,39-,54-/m0/s1. The summed E-state index contributed by atoms with van der Waals surface area (Å²) in [5, 5.41) is 24.9. The highest BCUT2D eigenvalue weighted by Crippen LogP contribution is 2.47. The van der Waals surface area contributed by atoms with E-state index in [4.69, 9.17) is 9.72 Å². The number of benzene rings is 2. The van der Waals surface area contributed by atoms with Gasteiger partial charge in [0.2, 0.25) is 35.4 Å². The van der Waals surface area contributed by atoms with Gasteiger partial charge in [-0.1, -0.05) is 43.7 Å². The largest absolute Gasteiger partial charge is 0.458 e. The number of carbonyl (C=O) groups is 9. The number of thioether (sulfide) groups is 1. The lowest BCUT2D eigenvalue weighted by atomic mass is 9.81. The highest BCUT2D eigenvalue weighted by atomic mass is 32.2. The van der Waals surface area contributed by atoms with Crippen molar-refractivity contribution in [3.63, 3.8) is 0 Å². The summed E-state index contributed by atoms with van der Waals surface area (Å²) in [4.78, 5) is 136. The number of cyclic esters (lactones) is 1. The van der Waals surface area contributed by atoms with Crippen LogP contribution in [0, 0.1) is 12.7 Å². The molecule has 8 rings (SSSR count). The lowest BCUT2D eigenvalue weighted by Crippen LogP contribution is -2.52. The number of rotatable bonds is 23. The van der Waals surface area contributed by atoms with Gasteiger partial charge in [-0.15, -0.1) is 11.8 Å². The summed E-state index contributed by atoms with van der Waals surface area (Å²) in [6, 6.07) is 10.1. The second-order valence-corrected chi connectivity index (χ2v) is 20.2. The van der Waals surface area contributed by atoms with Gasteiger partial charge in [-0.3, -0.25) is 48.1 Å². The molecule has 3 aliphatic heterocycles. The van der Waals surface area contributed by atoms with Gasteiger partial charge < -0.3 is 45.9 Å². The van der Waals surface area contributed by atoms with Crippen LogP contribution < -0.4 is 32.1 Å². The number of nitrogens with zero attached hydrogens (tertiary/aromatic N) is 4. The van der Waals surface area contributed by atoms with Crippen LogP contribution in [0.5, 0.6) is 0 Å². The summed E-state index contributed by atoms with van der Waals surface area (Å²) in [7, 11) is 0. The van der Waals surface area contributed by atoms with E-state index in [1.165, 1.54) is 22.8 Å². The fourth-order valence-corrected chi connectivity index (χ4v) is 11.0. The van der Waals surface area contributed by atoms with Gasteiger partial charge in [0, 0.05) is 60.7 Å². The van der Waals surface area contributed by atoms with E-state index in [1.54, 1.807) is 55.1 Å². The molecule has 0 saturated heterocycles. The van der Waals surface area contributed by atoms with Gasteiger partial charge in [0.1, 0.15) is 18.5 Å². The maximum absolute atomic E-state index is 15.5. The van der Waals surface area contributed by atoms with Crippen molar-refractivity contribution in [1.29, 1.82) is 0 Å². The van der Waals surface area contributed by atoms with Gasteiger partial charge in [0.25, 0.3) is 17.4 Å². The Morgan fingerprint density at radius 1 is 0.883 bits per heavy atom. The second-order valence-electron chi connectivity index (χ2n) is 19.2. The molecule has 0 radical (unpaired) electrons. The molecule has 23 heteroatoms. The molecule has 6 N–H and O–H groups in total.